The van der Waals surface area contributed by atoms with Crippen LogP contribution in [0, 0.1) is 0 Å². The number of aliphatic imine (C=N–C) groups is 1. The highest BCUT2D eigenvalue weighted by Gasteiger charge is 2.32. The summed E-state index contributed by atoms with van der Waals surface area (Å²) in [6.07, 6.45) is 4.20. The lowest BCUT2D eigenvalue weighted by Crippen LogP contribution is -2.28. The molecule has 0 spiro atoms. The number of likely N-dealkylation sites (N-methyl/N-ethyl adjacent to an activating group) is 1. The maximum atomic E-state index is 12.9. The van der Waals surface area contributed by atoms with Crippen LogP contribution in [0.15, 0.2) is 59.0 Å². The standard InChI is InChI=1S/C27H30N2O5S/c1-5-9-21-14-19(16-23-25(30)29(7-3)27(35-23)28-6-2)15-22(33-8-4)24(21)34-17-18-10-12-20(13-11-18)26(31)32/h5,10-16H,1,6-9,17H2,2-4H3,(H,31,32)/b23-16+,28-27?. The topological polar surface area (TPSA) is 88.4 Å². The fourth-order valence-corrected chi connectivity index (χ4v) is 4.70. The summed E-state index contributed by atoms with van der Waals surface area (Å²) in [7, 11) is 0. The molecule has 0 bridgehead atoms. The van der Waals surface area contributed by atoms with Crippen molar-refractivity contribution in [2.75, 3.05) is 19.7 Å². The van der Waals surface area contributed by atoms with Crippen LogP contribution in [0.5, 0.6) is 11.5 Å². The van der Waals surface area contributed by atoms with Gasteiger partial charge in [-0.25, -0.2) is 4.79 Å². The maximum Gasteiger partial charge on any atom is 0.335 e. The van der Waals surface area contributed by atoms with Crippen LogP contribution in [0.3, 0.4) is 0 Å². The number of thioether (sulfide) groups is 1. The van der Waals surface area contributed by atoms with Crippen molar-refractivity contribution in [3.63, 3.8) is 0 Å². The predicted octanol–water partition coefficient (Wildman–Crippen LogP) is 5.40. The Labute approximate surface area is 210 Å². The number of carboxylic acid groups (broad SMARTS) is 1. The summed E-state index contributed by atoms with van der Waals surface area (Å²) in [5.41, 5.74) is 2.77. The lowest BCUT2D eigenvalue weighted by atomic mass is 10.0. The second-order valence-electron chi connectivity index (χ2n) is 7.64. The molecule has 1 aliphatic rings. The Hall–Kier alpha value is -3.52. The van der Waals surface area contributed by atoms with Gasteiger partial charge in [0.25, 0.3) is 5.91 Å². The van der Waals surface area contributed by atoms with Gasteiger partial charge in [0.05, 0.1) is 17.1 Å². The first-order chi connectivity index (χ1) is 16.9. The zero-order valence-electron chi connectivity index (χ0n) is 20.2. The summed E-state index contributed by atoms with van der Waals surface area (Å²) in [6, 6.07) is 10.4. The summed E-state index contributed by atoms with van der Waals surface area (Å²) in [4.78, 5) is 30.7. The number of amidine groups is 1. The van der Waals surface area contributed by atoms with Gasteiger partial charge in [-0.1, -0.05) is 18.2 Å². The Kier molecular flexibility index (Phi) is 9.14. The van der Waals surface area contributed by atoms with E-state index >= 15 is 0 Å². The number of hydrogen-bond donors (Lipinski definition) is 1. The molecule has 2 aromatic carbocycles. The zero-order valence-corrected chi connectivity index (χ0v) is 21.1. The molecule has 1 fully saturated rings. The highest BCUT2D eigenvalue weighted by Crippen LogP contribution is 2.37. The number of benzene rings is 2. The van der Waals surface area contributed by atoms with Gasteiger partial charge in [-0.15, -0.1) is 6.58 Å². The molecule has 1 saturated heterocycles. The van der Waals surface area contributed by atoms with Gasteiger partial charge in [0.2, 0.25) is 0 Å². The van der Waals surface area contributed by atoms with Crippen LogP contribution in [0.25, 0.3) is 6.08 Å². The fourth-order valence-electron chi connectivity index (χ4n) is 3.59. The number of allylic oxidation sites excluding steroid dienone is 1. The van der Waals surface area contributed by atoms with Gasteiger partial charge in [0.1, 0.15) is 6.61 Å². The summed E-state index contributed by atoms with van der Waals surface area (Å²) < 4.78 is 12.1. The quantitative estimate of drug-likeness (QED) is 0.332. The van der Waals surface area contributed by atoms with Crippen LogP contribution in [0.4, 0.5) is 0 Å². The van der Waals surface area contributed by atoms with Crippen LogP contribution in [0.1, 0.15) is 47.8 Å². The van der Waals surface area contributed by atoms with Crippen LogP contribution >= 0.6 is 11.8 Å². The van der Waals surface area contributed by atoms with Gasteiger partial charge >= 0.3 is 5.97 Å². The number of aromatic carboxylic acids is 1. The predicted molar refractivity (Wildman–Crippen MR) is 140 cm³/mol. The molecule has 2 aromatic rings. The third-order valence-electron chi connectivity index (χ3n) is 5.20. The van der Waals surface area contributed by atoms with E-state index in [1.807, 2.05) is 39.0 Å². The van der Waals surface area contributed by atoms with Gasteiger partial charge in [-0.2, -0.15) is 0 Å². The van der Waals surface area contributed by atoms with Gasteiger partial charge < -0.3 is 14.6 Å². The maximum absolute atomic E-state index is 12.9. The average molecular weight is 495 g/mol. The molecule has 1 heterocycles. The molecular weight excluding hydrogens is 464 g/mol. The van der Waals surface area contributed by atoms with E-state index in [4.69, 9.17) is 14.6 Å². The van der Waals surface area contributed by atoms with Crippen molar-refractivity contribution in [1.29, 1.82) is 0 Å². The third-order valence-corrected chi connectivity index (χ3v) is 6.24. The Morgan fingerprint density at radius 2 is 1.91 bits per heavy atom. The second-order valence-corrected chi connectivity index (χ2v) is 8.65. The molecule has 0 aromatic heterocycles. The lowest BCUT2D eigenvalue weighted by molar-refractivity contribution is -0.122. The van der Waals surface area contributed by atoms with Crippen molar-refractivity contribution in [3.8, 4) is 11.5 Å². The highest BCUT2D eigenvalue weighted by atomic mass is 32.2. The highest BCUT2D eigenvalue weighted by molar-refractivity contribution is 8.18. The molecule has 184 valence electrons. The van der Waals surface area contributed by atoms with E-state index in [0.717, 1.165) is 21.9 Å². The van der Waals surface area contributed by atoms with E-state index < -0.39 is 5.97 Å². The average Bonchev–Trinajstić information content (AvgIpc) is 3.13. The van der Waals surface area contributed by atoms with E-state index in [1.165, 1.54) is 11.8 Å². The van der Waals surface area contributed by atoms with E-state index in [1.54, 1.807) is 35.2 Å². The Morgan fingerprint density at radius 3 is 2.51 bits per heavy atom. The number of rotatable bonds is 11. The van der Waals surface area contributed by atoms with E-state index in [9.17, 15) is 9.59 Å². The summed E-state index contributed by atoms with van der Waals surface area (Å²) in [5, 5.41) is 9.81. The van der Waals surface area contributed by atoms with Crippen molar-refractivity contribution in [3.05, 3.63) is 76.2 Å². The van der Waals surface area contributed by atoms with Crippen molar-refractivity contribution in [2.45, 2.75) is 33.8 Å². The number of carboxylic acids is 1. The van der Waals surface area contributed by atoms with Crippen molar-refractivity contribution in [1.82, 2.24) is 4.90 Å². The first kappa shape index (κ1) is 26.1. The fraction of sp³-hybridized carbons (Fsp3) is 0.296. The minimum absolute atomic E-state index is 0.0573. The summed E-state index contributed by atoms with van der Waals surface area (Å²) >= 11 is 1.38. The minimum Gasteiger partial charge on any atom is -0.490 e. The Balaban J connectivity index is 1.93. The van der Waals surface area contributed by atoms with Crippen molar-refractivity contribution < 1.29 is 24.2 Å². The van der Waals surface area contributed by atoms with Crippen molar-refractivity contribution in [2.24, 2.45) is 4.99 Å². The third kappa shape index (κ3) is 6.33. The van der Waals surface area contributed by atoms with Crippen LogP contribution in [-0.2, 0) is 17.8 Å². The number of carbonyl (C=O) groups is 2. The van der Waals surface area contributed by atoms with E-state index in [-0.39, 0.29) is 18.1 Å². The number of hydrogen-bond acceptors (Lipinski definition) is 6. The molecule has 1 N–H and O–H groups in total. The lowest BCUT2D eigenvalue weighted by Gasteiger charge is -2.17. The number of amides is 1. The number of nitrogens with zero attached hydrogens (tertiary/aromatic N) is 2. The molecule has 1 amide bonds. The normalized spacial score (nSPS) is 15.6. The van der Waals surface area contributed by atoms with Gasteiger partial charge in [0.15, 0.2) is 16.7 Å². The molecule has 0 radical (unpaired) electrons. The SMILES string of the molecule is C=CCc1cc(/C=C2/SC(=NCC)N(CC)C2=O)cc(OCC)c1OCc1ccc(C(=O)O)cc1. The smallest absolute Gasteiger partial charge is 0.335 e. The molecule has 35 heavy (non-hydrogen) atoms. The monoisotopic (exact) mass is 494 g/mol. The number of carbonyl (C=O) groups excluding carboxylic acids is 1. The van der Waals surface area contributed by atoms with Crippen molar-refractivity contribution >= 4 is 34.9 Å². The van der Waals surface area contributed by atoms with Crippen LogP contribution in [0.2, 0.25) is 0 Å². The first-order valence-corrected chi connectivity index (χ1v) is 12.3. The molecular formula is C27H30N2O5S. The van der Waals surface area contributed by atoms with Gasteiger partial charge in [-0.05, 0) is 80.4 Å². The van der Waals surface area contributed by atoms with Crippen LogP contribution < -0.4 is 9.47 Å². The molecule has 0 saturated carbocycles. The second kappa shape index (κ2) is 12.3. The summed E-state index contributed by atoms with van der Waals surface area (Å²) in [5.74, 6) is 0.150. The Bertz CT molecular complexity index is 1150. The molecule has 0 aliphatic carbocycles. The molecule has 3 rings (SSSR count). The van der Waals surface area contributed by atoms with Gasteiger partial charge in [-0.3, -0.25) is 14.7 Å². The van der Waals surface area contributed by atoms with Crippen LogP contribution in [-0.4, -0.2) is 46.7 Å². The van der Waals surface area contributed by atoms with E-state index in [2.05, 4.69) is 11.6 Å². The number of ether oxygens (including phenoxy) is 2. The van der Waals surface area contributed by atoms with E-state index in [0.29, 0.717) is 42.5 Å². The van der Waals surface area contributed by atoms with Gasteiger partial charge in [0, 0.05) is 18.7 Å². The summed E-state index contributed by atoms with van der Waals surface area (Å²) in [6.45, 7) is 11.5. The molecule has 8 heteroatoms. The first-order valence-electron chi connectivity index (χ1n) is 11.5. The zero-order chi connectivity index (χ0) is 25.4. The molecule has 0 atom stereocenters. The molecule has 1 aliphatic heterocycles. The minimum atomic E-state index is -0.969. The largest absolute Gasteiger partial charge is 0.490 e. The molecule has 0 unspecified atom stereocenters. The Morgan fingerprint density at radius 1 is 1.17 bits per heavy atom. The molecule has 7 nitrogen and oxygen atoms in total.